The number of benzene rings is 2. The minimum Gasteiger partial charge on any atom is -0.497 e. The molecular weight excluding hydrogens is 386 g/mol. The molecule has 3 rings (SSSR count). The molecule has 3 aromatic rings. The Morgan fingerprint density at radius 1 is 1.30 bits per heavy atom. The number of nitrogens with zero attached hydrogens (tertiary/aromatic N) is 1. The molecule has 7 nitrogen and oxygen atoms in total. The summed E-state index contributed by atoms with van der Waals surface area (Å²) in [4.78, 5) is 16.9. The van der Waals surface area contributed by atoms with Crippen molar-refractivity contribution in [3.8, 4) is 5.75 Å². The summed E-state index contributed by atoms with van der Waals surface area (Å²) in [6.45, 7) is 3.58. The van der Waals surface area contributed by atoms with Crippen LogP contribution in [0, 0.1) is 0 Å². The van der Waals surface area contributed by atoms with Gasteiger partial charge in [0.2, 0.25) is 10.0 Å². The van der Waals surface area contributed by atoms with Crippen LogP contribution in [0.15, 0.2) is 60.0 Å². The van der Waals surface area contributed by atoms with Crippen LogP contribution in [0.25, 0.3) is 10.2 Å². The first kappa shape index (κ1) is 19.0. The van der Waals surface area contributed by atoms with Gasteiger partial charge in [-0.2, -0.15) is 0 Å². The number of carbonyl (C=O) groups is 1. The molecule has 2 aromatic carbocycles. The van der Waals surface area contributed by atoms with Crippen LogP contribution in [-0.2, 0) is 10.0 Å². The van der Waals surface area contributed by atoms with Crippen LogP contribution >= 0.6 is 11.3 Å². The van der Waals surface area contributed by atoms with Crippen molar-refractivity contribution in [2.75, 3.05) is 19.0 Å². The molecule has 9 heteroatoms. The van der Waals surface area contributed by atoms with Crippen LogP contribution in [0.3, 0.4) is 0 Å². The molecule has 0 aliphatic heterocycles. The average molecular weight is 403 g/mol. The maximum Gasteiger partial charge on any atom is 0.257 e. The number of hydrogen-bond donors (Lipinski definition) is 2. The number of methoxy groups -OCH3 is 1. The Labute approximate surface area is 160 Å². The van der Waals surface area contributed by atoms with Gasteiger partial charge in [0.1, 0.15) is 5.75 Å². The fourth-order valence-corrected chi connectivity index (χ4v) is 4.24. The first-order valence-corrected chi connectivity index (χ1v) is 10.2. The van der Waals surface area contributed by atoms with Crippen molar-refractivity contribution in [3.63, 3.8) is 0 Å². The van der Waals surface area contributed by atoms with Gasteiger partial charge < -0.3 is 4.74 Å². The predicted molar refractivity (Wildman–Crippen MR) is 106 cm³/mol. The number of hydrogen-bond acceptors (Lipinski definition) is 6. The van der Waals surface area contributed by atoms with Crippen LogP contribution in [0.1, 0.15) is 10.4 Å². The number of thiazole rings is 1. The Hall–Kier alpha value is -2.75. The maximum absolute atomic E-state index is 12.5. The third kappa shape index (κ3) is 4.33. The van der Waals surface area contributed by atoms with Gasteiger partial charge in [0.25, 0.3) is 5.91 Å². The monoisotopic (exact) mass is 403 g/mol. The van der Waals surface area contributed by atoms with E-state index < -0.39 is 15.9 Å². The second-order valence-electron chi connectivity index (χ2n) is 5.48. The molecule has 0 aliphatic carbocycles. The van der Waals surface area contributed by atoms with Gasteiger partial charge in [0.05, 0.1) is 22.2 Å². The van der Waals surface area contributed by atoms with Gasteiger partial charge in [-0.05, 0) is 36.4 Å². The third-order valence-electron chi connectivity index (χ3n) is 3.64. The number of nitrogens with one attached hydrogen (secondary N) is 2. The van der Waals surface area contributed by atoms with Crippen LogP contribution in [0.2, 0.25) is 0 Å². The van der Waals surface area contributed by atoms with Gasteiger partial charge in [-0.25, -0.2) is 18.1 Å². The minimum atomic E-state index is -3.71. The molecule has 0 saturated carbocycles. The summed E-state index contributed by atoms with van der Waals surface area (Å²) in [7, 11) is -2.13. The van der Waals surface area contributed by atoms with Gasteiger partial charge in [0, 0.05) is 12.1 Å². The summed E-state index contributed by atoms with van der Waals surface area (Å²) in [5.41, 5.74) is 0.953. The number of ether oxygens (including phenoxy) is 1. The van der Waals surface area contributed by atoms with Crippen molar-refractivity contribution in [2.45, 2.75) is 4.90 Å². The average Bonchev–Trinajstić information content (AvgIpc) is 3.07. The van der Waals surface area contributed by atoms with Gasteiger partial charge in [0.15, 0.2) is 5.13 Å². The Morgan fingerprint density at radius 3 is 2.85 bits per heavy atom. The van der Waals surface area contributed by atoms with Crippen LogP contribution < -0.4 is 14.8 Å². The van der Waals surface area contributed by atoms with Crippen molar-refractivity contribution in [2.24, 2.45) is 0 Å². The van der Waals surface area contributed by atoms with E-state index in [2.05, 4.69) is 21.6 Å². The van der Waals surface area contributed by atoms with Crippen molar-refractivity contribution in [1.29, 1.82) is 0 Å². The fraction of sp³-hybridized carbons (Fsp3) is 0.111. The molecule has 0 aliphatic rings. The molecule has 2 N–H and O–H groups in total. The van der Waals surface area contributed by atoms with E-state index >= 15 is 0 Å². The molecule has 27 heavy (non-hydrogen) atoms. The molecule has 1 amide bonds. The molecule has 0 spiro atoms. The number of sulfonamides is 1. The van der Waals surface area contributed by atoms with E-state index in [-0.39, 0.29) is 17.0 Å². The number of fused-ring (bicyclic) bond motifs is 1. The van der Waals surface area contributed by atoms with Gasteiger partial charge in [-0.15, -0.1) is 6.58 Å². The highest BCUT2D eigenvalue weighted by atomic mass is 32.2. The molecular formula is C18H17N3O4S2. The van der Waals surface area contributed by atoms with Crippen molar-refractivity contribution < 1.29 is 17.9 Å². The molecule has 0 bridgehead atoms. The van der Waals surface area contributed by atoms with E-state index in [9.17, 15) is 13.2 Å². The molecule has 0 unspecified atom stereocenters. The zero-order valence-corrected chi connectivity index (χ0v) is 16.1. The number of rotatable bonds is 7. The zero-order chi connectivity index (χ0) is 19.4. The lowest BCUT2D eigenvalue weighted by Gasteiger charge is -2.07. The van der Waals surface area contributed by atoms with E-state index in [1.54, 1.807) is 19.2 Å². The van der Waals surface area contributed by atoms with Crippen LogP contribution in [0.4, 0.5) is 5.13 Å². The van der Waals surface area contributed by atoms with Crippen LogP contribution in [0.5, 0.6) is 5.75 Å². The molecule has 0 saturated heterocycles. The second kappa shape index (κ2) is 7.87. The summed E-state index contributed by atoms with van der Waals surface area (Å²) in [5, 5.41) is 3.12. The summed E-state index contributed by atoms with van der Waals surface area (Å²) >= 11 is 1.31. The smallest absolute Gasteiger partial charge is 0.257 e. The molecule has 140 valence electrons. The Bertz CT molecular complexity index is 1110. The van der Waals surface area contributed by atoms with E-state index in [0.717, 1.165) is 10.2 Å². The SMILES string of the molecule is C=CCNS(=O)(=O)c1cccc(C(=O)Nc2nc3ccc(OC)cc3s2)c1. The van der Waals surface area contributed by atoms with Crippen molar-refractivity contribution >= 4 is 42.6 Å². The molecule has 0 fully saturated rings. The summed E-state index contributed by atoms with van der Waals surface area (Å²) < 4.78 is 32.8. The van der Waals surface area contributed by atoms with E-state index in [0.29, 0.717) is 10.9 Å². The minimum absolute atomic E-state index is 0.00559. The van der Waals surface area contributed by atoms with Crippen LogP contribution in [-0.4, -0.2) is 33.0 Å². The quantitative estimate of drug-likeness (QED) is 0.591. The van der Waals surface area contributed by atoms with E-state index in [4.69, 9.17) is 4.74 Å². The molecule has 0 atom stereocenters. The number of aromatic nitrogens is 1. The molecule has 1 aromatic heterocycles. The zero-order valence-electron chi connectivity index (χ0n) is 14.4. The Balaban J connectivity index is 1.82. The summed E-state index contributed by atoms with van der Waals surface area (Å²) in [5.74, 6) is 0.260. The van der Waals surface area contributed by atoms with Crippen molar-refractivity contribution in [1.82, 2.24) is 9.71 Å². The van der Waals surface area contributed by atoms with E-state index in [1.807, 2.05) is 6.07 Å². The molecule has 1 heterocycles. The standard InChI is InChI=1S/C18H17N3O4S2/c1-3-9-19-27(23,24)14-6-4-5-12(10-14)17(22)21-18-20-15-8-7-13(25-2)11-16(15)26-18/h3-8,10-11,19H,1,9H2,2H3,(H,20,21,22). The predicted octanol–water partition coefficient (Wildman–Crippen LogP) is 3.02. The Kier molecular flexibility index (Phi) is 5.54. The highest BCUT2D eigenvalue weighted by Gasteiger charge is 2.16. The lowest BCUT2D eigenvalue weighted by Crippen LogP contribution is -2.24. The third-order valence-corrected chi connectivity index (χ3v) is 6.00. The largest absolute Gasteiger partial charge is 0.497 e. The first-order valence-electron chi connectivity index (χ1n) is 7.89. The number of amides is 1. The van der Waals surface area contributed by atoms with Gasteiger partial charge >= 0.3 is 0 Å². The summed E-state index contributed by atoms with van der Waals surface area (Å²) in [6.07, 6.45) is 1.44. The Morgan fingerprint density at radius 2 is 2.11 bits per heavy atom. The normalized spacial score (nSPS) is 11.3. The topological polar surface area (TPSA) is 97.4 Å². The van der Waals surface area contributed by atoms with Gasteiger partial charge in [-0.1, -0.05) is 23.5 Å². The number of anilines is 1. The first-order chi connectivity index (χ1) is 12.9. The van der Waals surface area contributed by atoms with Gasteiger partial charge in [-0.3, -0.25) is 10.1 Å². The second-order valence-corrected chi connectivity index (χ2v) is 8.27. The summed E-state index contributed by atoms with van der Waals surface area (Å²) in [6, 6.07) is 11.2. The number of carbonyl (C=O) groups excluding carboxylic acids is 1. The fourth-order valence-electron chi connectivity index (χ4n) is 2.31. The van der Waals surface area contributed by atoms with E-state index in [1.165, 1.54) is 41.7 Å². The maximum atomic E-state index is 12.5. The lowest BCUT2D eigenvalue weighted by molar-refractivity contribution is 0.102. The highest BCUT2D eigenvalue weighted by Crippen LogP contribution is 2.29. The highest BCUT2D eigenvalue weighted by molar-refractivity contribution is 7.89. The van der Waals surface area contributed by atoms with Crippen molar-refractivity contribution in [3.05, 3.63) is 60.7 Å². The molecule has 0 radical (unpaired) electrons. The lowest BCUT2D eigenvalue weighted by atomic mass is 10.2.